The molecule has 3 N–H and O–H groups in total. The Balaban J connectivity index is 1.68. The second kappa shape index (κ2) is 7.10. The van der Waals surface area contributed by atoms with Crippen LogP contribution in [-0.2, 0) is 16.4 Å². The van der Waals surface area contributed by atoms with Crippen molar-refractivity contribution >= 4 is 32.4 Å². The second-order valence-electron chi connectivity index (χ2n) is 6.08. The van der Waals surface area contributed by atoms with Gasteiger partial charge in [0.15, 0.2) is 0 Å². The molecule has 3 heterocycles. The fraction of sp³-hybridized carbons (Fsp3) is 0.111. The lowest BCUT2D eigenvalue weighted by atomic mass is 10.0. The lowest BCUT2D eigenvalue weighted by Crippen LogP contribution is -2.30. The number of sulfonamides is 1. The topological polar surface area (TPSA) is 108 Å². The summed E-state index contributed by atoms with van der Waals surface area (Å²) in [7, 11) is -3.80. The molecule has 0 spiro atoms. The molecule has 9 heteroatoms. The van der Waals surface area contributed by atoms with Crippen molar-refractivity contribution in [2.75, 3.05) is 0 Å². The fourth-order valence-corrected chi connectivity index (χ4v) is 4.82. The number of benzene rings is 1. The SMILES string of the molecule is O=c1[nH]c2ccc(S(=O)(=O)NC(Cc3ccsc3)c3cccnc3)cc2[nH]1. The Kier molecular flexibility index (Phi) is 4.65. The highest BCUT2D eigenvalue weighted by Crippen LogP contribution is 2.23. The summed E-state index contributed by atoms with van der Waals surface area (Å²) in [5.74, 6) is 0. The van der Waals surface area contributed by atoms with Crippen LogP contribution < -0.4 is 10.4 Å². The van der Waals surface area contributed by atoms with Gasteiger partial charge in [0.2, 0.25) is 10.0 Å². The molecule has 7 nitrogen and oxygen atoms in total. The molecule has 0 saturated heterocycles. The van der Waals surface area contributed by atoms with E-state index in [-0.39, 0.29) is 10.6 Å². The van der Waals surface area contributed by atoms with Crippen molar-refractivity contribution in [3.63, 3.8) is 0 Å². The maximum atomic E-state index is 13.0. The summed E-state index contributed by atoms with van der Waals surface area (Å²) >= 11 is 1.56. The summed E-state index contributed by atoms with van der Waals surface area (Å²) < 4.78 is 28.7. The minimum Gasteiger partial charge on any atom is -0.306 e. The molecule has 1 aromatic carbocycles. The number of nitrogens with zero attached hydrogens (tertiary/aromatic N) is 1. The van der Waals surface area contributed by atoms with Gasteiger partial charge >= 0.3 is 5.69 Å². The summed E-state index contributed by atoms with van der Waals surface area (Å²) in [6, 6.07) is 9.62. The van der Waals surface area contributed by atoms with Crippen LogP contribution in [0.2, 0.25) is 0 Å². The zero-order chi connectivity index (χ0) is 18.9. The molecule has 1 atom stereocenters. The number of pyridine rings is 1. The third kappa shape index (κ3) is 3.85. The molecular weight excluding hydrogens is 384 g/mol. The van der Waals surface area contributed by atoms with Crippen LogP contribution in [0.5, 0.6) is 0 Å². The van der Waals surface area contributed by atoms with E-state index >= 15 is 0 Å². The molecule has 0 bridgehead atoms. The zero-order valence-corrected chi connectivity index (χ0v) is 15.7. The van der Waals surface area contributed by atoms with Gasteiger partial charge in [-0.05, 0) is 58.6 Å². The number of H-pyrrole nitrogens is 2. The van der Waals surface area contributed by atoms with Gasteiger partial charge in [-0.1, -0.05) is 6.07 Å². The molecule has 1 unspecified atom stereocenters. The number of fused-ring (bicyclic) bond motifs is 1. The molecule has 0 amide bonds. The maximum Gasteiger partial charge on any atom is 0.323 e. The molecule has 138 valence electrons. The molecule has 3 aromatic heterocycles. The third-order valence-electron chi connectivity index (χ3n) is 4.20. The van der Waals surface area contributed by atoms with Gasteiger partial charge in [-0.15, -0.1) is 0 Å². The smallest absolute Gasteiger partial charge is 0.306 e. The van der Waals surface area contributed by atoms with Crippen LogP contribution in [-0.4, -0.2) is 23.4 Å². The summed E-state index contributed by atoms with van der Waals surface area (Å²) in [6.07, 6.45) is 3.82. The van der Waals surface area contributed by atoms with Crippen molar-refractivity contribution in [1.82, 2.24) is 19.7 Å². The van der Waals surface area contributed by atoms with Crippen molar-refractivity contribution in [2.24, 2.45) is 0 Å². The zero-order valence-electron chi connectivity index (χ0n) is 14.0. The minimum atomic E-state index is -3.80. The number of aromatic amines is 2. The number of thiophene rings is 1. The Bertz CT molecular complexity index is 1210. The van der Waals surface area contributed by atoms with Crippen molar-refractivity contribution < 1.29 is 8.42 Å². The van der Waals surface area contributed by atoms with Crippen LogP contribution in [0, 0.1) is 0 Å². The molecule has 0 aliphatic heterocycles. The highest BCUT2D eigenvalue weighted by atomic mass is 32.2. The molecule has 27 heavy (non-hydrogen) atoms. The number of nitrogens with one attached hydrogen (secondary N) is 3. The van der Waals surface area contributed by atoms with Gasteiger partial charge in [0.05, 0.1) is 22.0 Å². The molecule has 0 aliphatic carbocycles. The number of hydrogen-bond donors (Lipinski definition) is 3. The molecule has 0 radical (unpaired) electrons. The molecule has 0 aliphatic rings. The lowest BCUT2D eigenvalue weighted by Gasteiger charge is -2.18. The monoisotopic (exact) mass is 400 g/mol. The lowest BCUT2D eigenvalue weighted by molar-refractivity contribution is 0.554. The number of hydrogen-bond acceptors (Lipinski definition) is 5. The largest absolute Gasteiger partial charge is 0.323 e. The molecule has 0 fully saturated rings. The Morgan fingerprint density at radius 2 is 2.00 bits per heavy atom. The average Bonchev–Trinajstić information content (AvgIpc) is 3.29. The van der Waals surface area contributed by atoms with E-state index in [0.29, 0.717) is 17.5 Å². The highest BCUT2D eigenvalue weighted by Gasteiger charge is 2.22. The fourth-order valence-electron chi connectivity index (χ4n) is 2.89. The van der Waals surface area contributed by atoms with E-state index in [2.05, 4.69) is 19.7 Å². The van der Waals surface area contributed by atoms with Crippen molar-refractivity contribution in [3.05, 3.63) is 81.2 Å². The van der Waals surface area contributed by atoms with E-state index < -0.39 is 16.1 Å². The van der Waals surface area contributed by atoms with Crippen molar-refractivity contribution in [3.8, 4) is 0 Å². The highest BCUT2D eigenvalue weighted by molar-refractivity contribution is 7.89. The van der Waals surface area contributed by atoms with E-state index in [0.717, 1.165) is 11.1 Å². The van der Waals surface area contributed by atoms with E-state index in [4.69, 9.17) is 0 Å². The third-order valence-corrected chi connectivity index (χ3v) is 6.40. The first-order valence-electron chi connectivity index (χ1n) is 8.17. The Hall–Kier alpha value is -2.75. The first kappa shape index (κ1) is 17.7. The Morgan fingerprint density at radius 3 is 2.74 bits per heavy atom. The summed E-state index contributed by atoms with van der Waals surface area (Å²) in [5, 5.41) is 3.95. The molecule has 4 aromatic rings. The van der Waals surface area contributed by atoms with Gasteiger partial charge in [0.1, 0.15) is 0 Å². The summed E-state index contributed by atoms with van der Waals surface area (Å²) in [5.41, 5.74) is 2.45. The van der Waals surface area contributed by atoms with Gasteiger partial charge in [0.25, 0.3) is 0 Å². The van der Waals surface area contributed by atoms with E-state index in [9.17, 15) is 13.2 Å². The van der Waals surface area contributed by atoms with Crippen LogP contribution in [0.15, 0.2) is 69.2 Å². The van der Waals surface area contributed by atoms with Crippen LogP contribution in [0.3, 0.4) is 0 Å². The standard InChI is InChI=1S/C18H16N4O3S2/c23-18-20-15-4-3-14(9-17(15)21-18)27(24,25)22-16(8-12-5-7-26-11-12)13-2-1-6-19-10-13/h1-7,9-11,16,22H,8H2,(H2,20,21,23). The maximum absolute atomic E-state index is 13.0. The number of imidazole rings is 1. The Morgan fingerprint density at radius 1 is 1.15 bits per heavy atom. The second-order valence-corrected chi connectivity index (χ2v) is 8.58. The first-order chi connectivity index (χ1) is 13.0. The average molecular weight is 400 g/mol. The van der Waals surface area contributed by atoms with Gasteiger partial charge < -0.3 is 9.97 Å². The molecule has 0 saturated carbocycles. The normalized spacial score (nSPS) is 13.0. The van der Waals surface area contributed by atoms with Crippen LogP contribution in [0.25, 0.3) is 11.0 Å². The molecule has 4 rings (SSSR count). The van der Waals surface area contributed by atoms with E-state index in [1.807, 2.05) is 22.9 Å². The minimum absolute atomic E-state index is 0.0875. The van der Waals surface area contributed by atoms with Crippen molar-refractivity contribution in [1.29, 1.82) is 0 Å². The number of aromatic nitrogens is 3. The van der Waals surface area contributed by atoms with Crippen LogP contribution >= 0.6 is 11.3 Å². The quantitative estimate of drug-likeness (QED) is 0.462. The van der Waals surface area contributed by atoms with Gasteiger partial charge in [-0.2, -0.15) is 11.3 Å². The van der Waals surface area contributed by atoms with E-state index in [1.54, 1.807) is 35.9 Å². The summed E-state index contributed by atoms with van der Waals surface area (Å²) in [6.45, 7) is 0. The van der Waals surface area contributed by atoms with Gasteiger partial charge in [-0.25, -0.2) is 17.9 Å². The predicted octanol–water partition coefficient (Wildman–Crippen LogP) is 2.58. The predicted molar refractivity (Wildman–Crippen MR) is 104 cm³/mol. The van der Waals surface area contributed by atoms with E-state index in [1.165, 1.54) is 12.1 Å². The van der Waals surface area contributed by atoms with Crippen molar-refractivity contribution in [2.45, 2.75) is 17.4 Å². The number of rotatable bonds is 6. The van der Waals surface area contributed by atoms with Gasteiger partial charge in [-0.3, -0.25) is 4.98 Å². The molecular formula is C18H16N4O3S2. The Labute approximate surface area is 159 Å². The summed E-state index contributed by atoms with van der Waals surface area (Å²) in [4.78, 5) is 20.8. The van der Waals surface area contributed by atoms with Crippen LogP contribution in [0.1, 0.15) is 17.2 Å². The van der Waals surface area contributed by atoms with Crippen LogP contribution in [0.4, 0.5) is 0 Å². The first-order valence-corrected chi connectivity index (χ1v) is 10.6. The van der Waals surface area contributed by atoms with Gasteiger partial charge in [0, 0.05) is 12.4 Å².